The third-order valence-electron chi connectivity index (χ3n) is 2.77. The fourth-order valence-electron chi connectivity index (χ4n) is 2.04. The summed E-state index contributed by atoms with van der Waals surface area (Å²) in [7, 11) is 0. The van der Waals surface area contributed by atoms with E-state index in [-0.39, 0.29) is 12.6 Å². The molecule has 0 aliphatic rings. The van der Waals surface area contributed by atoms with Crippen LogP contribution in [0.4, 0.5) is 0 Å². The van der Waals surface area contributed by atoms with Crippen molar-refractivity contribution < 1.29 is 9.26 Å². The number of aryl methyl sites for hydroxylation is 2. The van der Waals surface area contributed by atoms with Crippen LogP contribution in [-0.2, 0) is 13.0 Å². The van der Waals surface area contributed by atoms with Gasteiger partial charge >= 0.3 is 0 Å². The van der Waals surface area contributed by atoms with Gasteiger partial charge in [0, 0.05) is 10.5 Å². The molecular weight excluding hydrogens is 322 g/mol. The minimum absolute atomic E-state index is 0.0664. The van der Waals surface area contributed by atoms with E-state index in [0.717, 1.165) is 27.8 Å². The van der Waals surface area contributed by atoms with E-state index in [1.165, 1.54) is 0 Å². The number of halogens is 1. The van der Waals surface area contributed by atoms with Gasteiger partial charge in [-0.15, -0.1) is 0 Å². The summed E-state index contributed by atoms with van der Waals surface area (Å²) < 4.78 is 11.9. The lowest BCUT2D eigenvalue weighted by Gasteiger charge is -2.15. The first-order valence-electron chi connectivity index (χ1n) is 6.42. The number of nitrogens with zero attached hydrogens (tertiary/aromatic N) is 2. The number of nitrogens with two attached hydrogens (primary N) is 1. The minimum Gasteiger partial charge on any atom is -0.483 e. The maximum Gasteiger partial charge on any atom is 0.264 e. The fraction of sp³-hybridized carbons (Fsp3) is 0.429. The predicted molar refractivity (Wildman–Crippen MR) is 79.6 cm³/mol. The molecule has 0 spiro atoms. The second-order valence-corrected chi connectivity index (χ2v) is 5.83. The average Bonchev–Trinajstić information content (AvgIpc) is 2.73. The van der Waals surface area contributed by atoms with Crippen molar-refractivity contribution in [2.45, 2.75) is 39.8 Å². The Morgan fingerprint density at radius 2 is 2.15 bits per heavy atom. The minimum atomic E-state index is 0.0664. The highest BCUT2D eigenvalue weighted by Crippen LogP contribution is 2.29. The summed E-state index contributed by atoms with van der Waals surface area (Å²) >= 11 is 3.50. The van der Waals surface area contributed by atoms with Gasteiger partial charge in [-0.3, -0.25) is 0 Å². The van der Waals surface area contributed by atoms with Crippen LogP contribution in [-0.4, -0.2) is 16.2 Å². The van der Waals surface area contributed by atoms with Gasteiger partial charge in [0.05, 0.1) is 0 Å². The molecule has 2 rings (SSSR count). The summed E-state index contributed by atoms with van der Waals surface area (Å²) in [5.41, 5.74) is 8.01. The molecule has 0 saturated carbocycles. The normalized spacial score (nSPS) is 12.4. The van der Waals surface area contributed by atoms with Gasteiger partial charge in [0.1, 0.15) is 5.75 Å². The van der Waals surface area contributed by atoms with Crippen molar-refractivity contribution in [3.8, 4) is 5.75 Å². The van der Waals surface area contributed by atoms with E-state index in [2.05, 4.69) is 26.1 Å². The predicted octanol–water partition coefficient (Wildman–Crippen LogP) is 2.92. The largest absolute Gasteiger partial charge is 0.483 e. The number of hydrogen-bond acceptors (Lipinski definition) is 5. The van der Waals surface area contributed by atoms with Crippen molar-refractivity contribution in [1.82, 2.24) is 10.1 Å². The topological polar surface area (TPSA) is 74.2 Å². The van der Waals surface area contributed by atoms with Crippen molar-refractivity contribution in [3.63, 3.8) is 0 Å². The van der Waals surface area contributed by atoms with Crippen LogP contribution in [0.25, 0.3) is 0 Å². The van der Waals surface area contributed by atoms with Gasteiger partial charge in [-0.1, -0.05) is 21.1 Å². The highest BCUT2D eigenvalue weighted by atomic mass is 79.9. The molecule has 0 saturated heterocycles. The van der Waals surface area contributed by atoms with Gasteiger partial charge in [-0.25, -0.2) is 0 Å². The summed E-state index contributed by atoms with van der Waals surface area (Å²) in [6.07, 6.45) is 0.748. The Kier molecular flexibility index (Phi) is 4.77. The first-order valence-corrected chi connectivity index (χ1v) is 7.21. The molecule has 0 aliphatic heterocycles. The van der Waals surface area contributed by atoms with E-state index < -0.39 is 0 Å². The first kappa shape index (κ1) is 15.0. The second kappa shape index (κ2) is 6.37. The van der Waals surface area contributed by atoms with E-state index in [4.69, 9.17) is 15.0 Å². The molecule has 1 heterocycles. The van der Waals surface area contributed by atoms with Gasteiger partial charge in [0.25, 0.3) is 5.89 Å². The molecule has 0 radical (unpaired) electrons. The zero-order valence-electron chi connectivity index (χ0n) is 11.8. The third kappa shape index (κ3) is 3.80. The molecule has 0 aliphatic carbocycles. The average molecular weight is 340 g/mol. The number of hydrogen-bond donors (Lipinski definition) is 1. The van der Waals surface area contributed by atoms with E-state index in [0.29, 0.717) is 11.7 Å². The Morgan fingerprint density at radius 1 is 1.40 bits per heavy atom. The van der Waals surface area contributed by atoms with Gasteiger partial charge in [0.15, 0.2) is 12.4 Å². The standard InChI is InChI=1S/C14H18BrN3O2/c1-8-4-12(15)6-11(5-9(2)16)14(8)19-7-13-17-10(3)18-20-13/h4,6,9H,5,7,16H2,1-3H3. The van der Waals surface area contributed by atoms with Gasteiger partial charge < -0.3 is 15.0 Å². The van der Waals surface area contributed by atoms with Crippen molar-refractivity contribution in [1.29, 1.82) is 0 Å². The lowest BCUT2D eigenvalue weighted by molar-refractivity contribution is 0.239. The van der Waals surface area contributed by atoms with Crippen molar-refractivity contribution >= 4 is 15.9 Å². The van der Waals surface area contributed by atoms with E-state index in [9.17, 15) is 0 Å². The fourth-order valence-corrected chi connectivity index (χ4v) is 2.66. The molecule has 0 bridgehead atoms. The summed E-state index contributed by atoms with van der Waals surface area (Å²) in [6, 6.07) is 4.11. The molecule has 2 aromatic rings. The molecule has 5 nitrogen and oxygen atoms in total. The summed E-state index contributed by atoms with van der Waals surface area (Å²) in [5, 5.41) is 3.74. The maximum absolute atomic E-state index is 5.89. The van der Waals surface area contributed by atoms with Crippen molar-refractivity contribution in [2.75, 3.05) is 0 Å². The summed E-state index contributed by atoms with van der Waals surface area (Å²) in [6.45, 7) is 6.01. The van der Waals surface area contributed by atoms with E-state index in [1.807, 2.05) is 26.0 Å². The molecular formula is C14H18BrN3O2. The lowest BCUT2D eigenvalue weighted by Crippen LogP contribution is -2.18. The van der Waals surface area contributed by atoms with E-state index in [1.54, 1.807) is 6.92 Å². The molecule has 1 unspecified atom stereocenters. The Hall–Kier alpha value is -1.40. The van der Waals surface area contributed by atoms with Gasteiger partial charge in [0.2, 0.25) is 0 Å². The number of rotatable bonds is 5. The van der Waals surface area contributed by atoms with Crippen LogP contribution >= 0.6 is 15.9 Å². The first-order chi connectivity index (χ1) is 9.45. The highest BCUT2D eigenvalue weighted by Gasteiger charge is 2.12. The molecule has 1 aromatic heterocycles. The zero-order chi connectivity index (χ0) is 14.7. The zero-order valence-corrected chi connectivity index (χ0v) is 13.4. The second-order valence-electron chi connectivity index (χ2n) is 4.92. The smallest absolute Gasteiger partial charge is 0.264 e. The lowest BCUT2D eigenvalue weighted by atomic mass is 10.0. The molecule has 0 fully saturated rings. The molecule has 20 heavy (non-hydrogen) atoms. The van der Waals surface area contributed by atoms with Gasteiger partial charge in [-0.2, -0.15) is 4.98 Å². The SMILES string of the molecule is Cc1noc(COc2c(C)cc(Br)cc2CC(C)N)n1. The summed E-state index contributed by atoms with van der Waals surface area (Å²) in [5.74, 6) is 1.91. The van der Waals surface area contributed by atoms with Crippen LogP contribution in [0.3, 0.4) is 0 Å². The Labute approximate surface area is 126 Å². The van der Waals surface area contributed by atoms with Gasteiger partial charge in [-0.05, 0) is 50.5 Å². The molecule has 6 heteroatoms. The Bertz CT molecular complexity index is 596. The van der Waals surface area contributed by atoms with Crippen LogP contribution in [0.5, 0.6) is 5.75 Å². The summed E-state index contributed by atoms with van der Waals surface area (Å²) in [4.78, 5) is 4.13. The van der Waals surface area contributed by atoms with Crippen molar-refractivity contribution in [3.05, 3.63) is 39.4 Å². The van der Waals surface area contributed by atoms with E-state index >= 15 is 0 Å². The van der Waals surface area contributed by atoms with Crippen LogP contribution < -0.4 is 10.5 Å². The van der Waals surface area contributed by atoms with Crippen molar-refractivity contribution in [2.24, 2.45) is 5.73 Å². The Balaban J connectivity index is 2.20. The monoisotopic (exact) mass is 339 g/mol. The van der Waals surface area contributed by atoms with Crippen LogP contribution in [0.1, 0.15) is 29.8 Å². The highest BCUT2D eigenvalue weighted by molar-refractivity contribution is 9.10. The third-order valence-corrected chi connectivity index (χ3v) is 3.23. The molecule has 1 atom stereocenters. The molecule has 2 N–H and O–H groups in total. The quantitative estimate of drug-likeness (QED) is 0.906. The molecule has 108 valence electrons. The Morgan fingerprint density at radius 3 is 2.75 bits per heavy atom. The molecule has 1 aromatic carbocycles. The van der Waals surface area contributed by atoms with Crippen LogP contribution in [0.2, 0.25) is 0 Å². The number of aromatic nitrogens is 2. The molecule has 0 amide bonds. The van der Waals surface area contributed by atoms with Crippen LogP contribution in [0.15, 0.2) is 21.1 Å². The maximum atomic E-state index is 5.89. The number of benzene rings is 1. The number of ether oxygens (including phenoxy) is 1. The van der Waals surface area contributed by atoms with Crippen LogP contribution in [0, 0.1) is 13.8 Å².